The summed E-state index contributed by atoms with van der Waals surface area (Å²) in [5.41, 5.74) is 7.10. The molecule has 20 heavy (non-hydrogen) atoms. The fourth-order valence-electron chi connectivity index (χ4n) is 1.81. The van der Waals surface area contributed by atoms with E-state index in [1.54, 1.807) is 31.2 Å². The number of methoxy groups -OCH3 is 1. The highest BCUT2D eigenvalue weighted by Crippen LogP contribution is 2.09. The van der Waals surface area contributed by atoms with Crippen LogP contribution < -0.4 is 5.73 Å². The van der Waals surface area contributed by atoms with E-state index in [0.717, 1.165) is 5.56 Å². The van der Waals surface area contributed by atoms with E-state index in [2.05, 4.69) is 5.16 Å². The highest BCUT2D eigenvalue weighted by atomic mass is 16.5. The van der Waals surface area contributed by atoms with Crippen molar-refractivity contribution in [2.45, 2.75) is 19.4 Å². The zero-order chi connectivity index (χ0) is 15.0. The molecule has 110 valence electrons. The van der Waals surface area contributed by atoms with Gasteiger partial charge in [-0.15, -0.1) is 0 Å². The number of hydrogen-bond acceptors (Lipinski definition) is 4. The second-order valence-electron chi connectivity index (χ2n) is 4.53. The monoisotopic (exact) mass is 279 g/mol. The first kappa shape index (κ1) is 16.0. The molecule has 0 fully saturated rings. The van der Waals surface area contributed by atoms with Gasteiger partial charge < -0.3 is 20.6 Å². The molecule has 0 unspecified atom stereocenters. The molecule has 0 saturated heterocycles. The van der Waals surface area contributed by atoms with Gasteiger partial charge in [0.15, 0.2) is 5.84 Å². The fraction of sp³-hybridized carbons (Fsp3) is 0.429. The lowest BCUT2D eigenvalue weighted by Crippen LogP contribution is -2.26. The average Bonchev–Trinajstić information content (AvgIpc) is 2.46. The molecule has 0 radical (unpaired) electrons. The SMILES string of the molecule is COCCCC(=O)N(C)Cc1cccc(/C(N)=N/O)c1. The number of amides is 1. The van der Waals surface area contributed by atoms with Gasteiger partial charge in [-0.3, -0.25) is 4.79 Å². The molecule has 0 aliphatic rings. The van der Waals surface area contributed by atoms with E-state index < -0.39 is 0 Å². The summed E-state index contributed by atoms with van der Waals surface area (Å²) in [5.74, 6) is 0.122. The minimum Gasteiger partial charge on any atom is -0.409 e. The largest absolute Gasteiger partial charge is 0.409 e. The summed E-state index contributed by atoms with van der Waals surface area (Å²) in [6, 6.07) is 7.26. The maximum Gasteiger partial charge on any atom is 0.222 e. The molecule has 0 heterocycles. The summed E-state index contributed by atoms with van der Waals surface area (Å²) >= 11 is 0. The molecule has 1 rings (SSSR count). The maximum absolute atomic E-state index is 11.9. The Morgan fingerprint density at radius 2 is 2.25 bits per heavy atom. The third kappa shape index (κ3) is 4.89. The van der Waals surface area contributed by atoms with Gasteiger partial charge in [0.2, 0.25) is 5.91 Å². The van der Waals surface area contributed by atoms with Gasteiger partial charge in [0.05, 0.1) is 0 Å². The number of carbonyl (C=O) groups is 1. The standard InChI is InChI=1S/C14H21N3O3/c1-17(13(18)7-4-8-20-2)10-11-5-3-6-12(9-11)14(15)16-19/h3,5-6,9,19H,4,7-8,10H2,1-2H3,(H2,15,16). The van der Waals surface area contributed by atoms with Crippen molar-refractivity contribution in [1.29, 1.82) is 0 Å². The summed E-state index contributed by atoms with van der Waals surface area (Å²) in [6.07, 6.45) is 1.17. The average molecular weight is 279 g/mol. The zero-order valence-electron chi connectivity index (χ0n) is 11.9. The predicted molar refractivity (Wildman–Crippen MR) is 76.5 cm³/mol. The molecule has 0 aromatic heterocycles. The van der Waals surface area contributed by atoms with Crippen molar-refractivity contribution in [1.82, 2.24) is 4.90 Å². The smallest absolute Gasteiger partial charge is 0.222 e. The minimum absolute atomic E-state index is 0.0564. The van der Waals surface area contributed by atoms with Gasteiger partial charge in [-0.05, 0) is 18.1 Å². The van der Waals surface area contributed by atoms with Gasteiger partial charge in [-0.1, -0.05) is 23.4 Å². The van der Waals surface area contributed by atoms with Crippen molar-refractivity contribution in [3.8, 4) is 0 Å². The molecule has 0 spiro atoms. The van der Waals surface area contributed by atoms with Gasteiger partial charge in [0, 0.05) is 39.3 Å². The summed E-state index contributed by atoms with van der Waals surface area (Å²) in [7, 11) is 3.37. The molecule has 1 aromatic rings. The van der Waals surface area contributed by atoms with E-state index in [0.29, 0.717) is 31.6 Å². The molecule has 1 amide bonds. The highest BCUT2D eigenvalue weighted by Gasteiger charge is 2.09. The second-order valence-corrected chi connectivity index (χ2v) is 4.53. The number of carbonyl (C=O) groups excluding carboxylic acids is 1. The lowest BCUT2D eigenvalue weighted by atomic mass is 10.1. The summed E-state index contributed by atoms with van der Waals surface area (Å²) in [4.78, 5) is 13.5. The molecular formula is C14H21N3O3. The highest BCUT2D eigenvalue weighted by molar-refractivity contribution is 5.97. The first-order valence-electron chi connectivity index (χ1n) is 6.38. The number of oxime groups is 1. The molecule has 0 bridgehead atoms. The Labute approximate surface area is 118 Å². The van der Waals surface area contributed by atoms with Crippen molar-refractivity contribution >= 4 is 11.7 Å². The zero-order valence-corrected chi connectivity index (χ0v) is 11.9. The van der Waals surface area contributed by atoms with Crippen LogP contribution in [0.5, 0.6) is 0 Å². The molecule has 1 aromatic carbocycles. The first-order chi connectivity index (χ1) is 9.58. The lowest BCUT2D eigenvalue weighted by Gasteiger charge is -2.17. The first-order valence-corrected chi connectivity index (χ1v) is 6.38. The minimum atomic E-state index is 0.0564. The second kappa shape index (κ2) is 8.16. The molecule has 0 saturated carbocycles. The number of amidine groups is 1. The summed E-state index contributed by atoms with van der Waals surface area (Å²) in [6.45, 7) is 1.07. The van der Waals surface area contributed by atoms with Crippen molar-refractivity contribution in [2.75, 3.05) is 20.8 Å². The molecule has 0 atom stereocenters. The summed E-state index contributed by atoms with van der Waals surface area (Å²) < 4.78 is 4.92. The fourth-order valence-corrected chi connectivity index (χ4v) is 1.81. The third-order valence-electron chi connectivity index (χ3n) is 2.92. The normalized spacial score (nSPS) is 11.4. The van der Waals surface area contributed by atoms with Crippen molar-refractivity contribution in [2.24, 2.45) is 10.9 Å². The molecule has 0 aliphatic heterocycles. The van der Waals surface area contributed by atoms with E-state index in [4.69, 9.17) is 15.7 Å². The van der Waals surface area contributed by atoms with Crippen molar-refractivity contribution in [3.05, 3.63) is 35.4 Å². The van der Waals surface area contributed by atoms with Crippen LogP contribution in [0.25, 0.3) is 0 Å². The molecule has 3 N–H and O–H groups in total. The Morgan fingerprint density at radius 3 is 2.90 bits per heavy atom. The Kier molecular flexibility index (Phi) is 6.52. The number of nitrogens with zero attached hydrogens (tertiary/aromatic N) is 2. The van der Waals surface area contributed by atoms with Crippen LogP contribution in [-0.4, -0.2) is 42.6 Å². The number of ether oxygens (including phenoxy) is 1. The Morgan fingerprint density at radius 1 is 1.50 bits per heavy atom. The topological polar surface area (TPSA) is 88.2 Å². The van der Waals surface area contributed by atoms with Crippen LogP contribution in [0.15, 0.2) is 29.4 Å². The van der Waals surface area contributed by atoms with Gasteiger partial charge in [-0.2, -0.15) is 0 Å². The van der Waals surface area contributed by atoms with E-state index >= 15 is 0 Å². The Bertz CT molecular complexity index is 474. The van der Waals surface area contributed by atoms with Crippen LogP contribution >= 0.6 is 0 Å². The Balaban J connectivity index is 2.61. The van der Waals surface area contributed by atoms with Crippen LogP contribution in [0.1, 0.15) is 24.0 Å². The third-order valence-corrected chi connectivity index (χ3v) is 2.92. The molecular weight excluding hydrogens is 258 g/mol. The van der Waals surface area contributed by atoms with Crippen molar-refractivity contribution < 1.29 is 14.7 Å². The Hall–Kier alpha value is -2.08. The van der Waals surface area contributed by atoms with Crippen LogP contribution in [0.2, 0.25) is 0 Å². The van der Waals surface area contributed by atoms with Gasteiger partial charge >= 0.3 is 0 Å². The molecule has 6 heteroatoms. The van der Waals surface area contributed by atoms with E-state index in [1.165, 1.54) is 0 Å². The molecule has 0 aliphatic carbocycles. The number of hydrogen-bond donors (Lipinski definition) is 2. The van der Waals surface area contributed by atoms with Crippen LogP contribution in [-0.2, 0) is 16.1 Å². The summed E-state index contributed by atoms with van der Waals surface area (Å²) in [5, 5.41) is 11.6. The van der Waals surface area contributed by atoms with E-state index in [-0.39, 0.29) is 11.7 Å². The number of nitrogens with two attached hydrogens (primary N) is 1. The van der Waals surface area contributed by atoms with Crippen LogP contribution in [0.3, 0.4) is 0 Å². The number of rotatable bonds is 7. The quantitative estimate of drug-likeness (QED) is 0.258. The van der Waals surface area contributed by atoms with E-state index in [1.807, 2.05) is 12.1 Å². The van der Waals surface area contributed by atoms with E-state index in [9.17, 15) is 4.79 Å². The van der Waals surface area contributed by atoms with Crippen LogP contribution in [0, 0.1) is 0 Å². The van der Waals surface area contributed by atoms with Gasteiger partial charge in [-0.25, -0.2) is 0 Å². The maximum atomic E-state index is 11.9. The molecule has 6 nitrogen and oxygen atoms in total. The van der Waals surface area contributed by atoms with Crippen molar-refractivity contribution in [3.63, 3.8) is 0 Å². The van der Waals surface area contributed by atoms with Gasteiger partial charge in [0.25, 0.3) is 0 Å². The van der Waals surface area contributed by atoms with Crippen LogP contribution in [0.4, 0.5) is 0 Å². The predicted octanol–water partition coefficient (Wildman–Crippen LogP) is 1.17. The number of benzene rings is 1. The van der Waals surface area contributed by atoms with Gasteiger partial charge in [0.1, 0.15) is 0 Å². The lowest BCUT2D eigenvalue weighted by molar-refractivity contribution is -0.130.